The summed E-state index contributed by atoms with van der Waals surface area (Å²) in [5.41, 5.74) is 0.245. The molecule has 0 atom stereocenters. The van der Waals surface area contributed by atoms with Crippen LogP contribution in [-0.4, -0.2) is 69.4 Å². The van der Waals surface area contributed by atoms with Crippen LogP contribution in [0.4, 0.5) is 0 Å². The standard InChI is InChI=1S/C10H21NO9P2/c1-9(2)10(12)20-6-5-19-4-3-11(7-21(13,14)15)8-22(16,17)18/h1,3-8H2,2H3,(H2,13,14,15)(H2,16,17,18). The van der Waals surface area contributed by atoms with Gasteiger partial charge in [-0.05, 0) is 6.92 Å². The Morgan fingerprint density at radius 3 is 1.95 bits per heavy atom. The third-order valence-corrected chi connectivity index (χ3v) is 3.67. The Bertz CT molecular complexity index is 445. The van der Waals surface area contributed by atoms with Crippen LogP contribution in [0.3, 0.4) is 0 Å². The van der Waals surface area contributed by atoms with Crippen LogP contribution in [0.15, 0.2) is 12.2 Å². The number of hydrogen-bond donors (Lipinski definition) is 4. The van der Waals surface area contributed by atoms with Gasteiger partial charge in [0.2, 0.25) is 0 Å². The van der Waals surface area contributed by atoms with Gasteiger partial charge in [0, 0.05) is 12.1 Å². The van der Waals surface area contributed by atoms with E-state index in [0.717, 1.165) is 4.90 Å². The predicted molar refractivity (Wildman–Crippen MR) is 77.1 cm³/mol. The van der Waals surface area contributed by atoms with E-state index in [1.54, 1.807) is 0 Å². The molecule has 0 amide bonds. The molecular formula is C10H21NO9P2. The topological polar surface area (TPSA) is 154 Å². The molecule has 0 aromatic carbocycles. The van der Waals surface area contributed by atoms with E-state index >= 15 is 0 Å². The van der Waals surface area contributed by atoms with Crippen LogP contribution in [0.2, 0.25) is 0 Å². The number of rotatable bonds is 11. The first-order valence-corrected chi connectivity index (χ1v) is 9.72. The Hall–Kier alpha value is -0.570. The van der Waals surface area contributed by atoms with E-state index in [1.165, 1.54) is 6.92 Å². The molecule has 4 N–H and O–H groups in total. The van der Waals surface area contributed by atoms with E-state index < -0.39 is 33.7 Å². The van der Waals surface area contributed by atoms with Crippen molar-refractivity contribution in [3.8, 4) is 0 Å². The molecule has 0 fully saturated rings. The molecular weight excluding hydrogens is 340 g/mol. The lowest BCUT2D eigenvalue weighted by molar-refractivity contribution is -0.140. The first kappa shape index (κ1) is 21.4. The van der Waals surface area contributed by atoms with E-state index in [0.29, 0.717) is 0 Å². The lowest BCUT2D eigenvalue weighted by Gasteiger charge is -2.22. The fourth-order valence-corrected chi connectivity index (χ4v) is 3.00. The van der Waals surface area contributed by atoms with Crippen molar-refractivity contribution in [1.82, 2.24) is 4.90 Å². The van der Waals surface area contributed by atoms with E-state index in [-0.39, 0.29) is 31.9 Å². The van der Waals surface area contributed by atoms with Crippen molar-refractivity contribution < 1.29 is 43.0 Å². The number of hydrogen-bond acceptors (Lipinski definition) is 6. The highest BCUT2D eigenvalue weighted by molar-refractivity contribution is 7.52. The predicted octanol–water partition coefficient (Wildman–Crippen LogP) is -0.305. The lowest BCUT2D eigenvalue weighted by Crippen LogP contribution is -2.30. The fourth-order valence-electron chi connectivity index (χ4n) is 1.32. The van der Waals surface area contributed by atoms with Gasteiger partial charge in [0.05, 0.1) is 13.2 Å². The molecule has 0 aromatic heterocycles. The molecule has 0 bridgehead atoms. The van der Waals surface area contributed by atoms with Gasteiger partial charge in [-0.1, -0.05) is 6.58 Å². The average molecular weight is 361 g/mol. The van der Waals surface area contributed by atoms with Gasteiger partial charge in [-0.3, -0.25) is 14.0 Å². The molecule has 10 nitrogen and oxygen atoms in total. The largest absolute Gasteiger partial charge is 0.460 e. The SMILES string of the molecule is C=C(C)C(=O)OCCOCCN(CP(=O)(O)O)CP(=O)(O)O. The fraction of sp³-hybridized carbons (Fsp3) is 0.700. The van der Waals surface area contributed by atoms with Crippen LogP contribution in [0.5, 0.6) is 0 Å². The lowest BCUT2D eigenvalue weighted by atomic mass is 10.4. The zero-order chi connectivity index (χ0) is 17.4. The zero-order valence-corrected chi connectivity index (χ0v) is 13.9. The molecule has 0 aliphatic carbocycles. The molecule has 0 aromatic rings. The Morgan fingerprint density at radius 1 is 1.05 bits per heavy atom. The van der Waals surface area contributed by atoms with E-state index in [9.17, 15) is 13.9 Å². The number of carbonyl (C=O) groups is 1. The molecule has 0 saturated heterocycles. The quantitative estimate of drug-likeness (QED) is 0.167. The van der Waals surface area contributed by atoms with Crippen LogP contribution < -0.4 is 0 Å². The summed E-state index contributed by atoms with van der Waals surface area (Å²) in [4.78, 5) is 47.4. The summed E-state index contributed by atoms with van der Waals surface area (Å²) in [6.45, 7) is 4.77. The number of esters is 1. The van der Waals surface area contributed by atoms with Crippen molar-refractivity contribution in [1.29, 1.82) is 0 Å². The number of nitrogens with zero attached hydrogens (tertiary/aromatic N) is 1. The minimum absolute atomic E-state index is 0.0251. The maximum Gasteiger partial charge on any atom is 0.339 e. The monoisotopic (exact) mass is 361 g/mol. The summed E-state index contributed by atoms with van der Waals surface area (Å²) in [7, 11) is -8.89. The van der Waals surface area contributed by atoms with Crippen LogP contribution >= 0.6 is 15.2 Å². The van der Waals surface area contributed by atoms with Crippen LogP contribution in [0.1, 0.15) is 6.92 Å². The second-order valence-corrected chi connectivity index (χ2v) is 7.76. The van der Waals surface area contributed by atoms with Gasteiger partial charge in [0.1, 0.15) is 19.2 Å². The van der Waals surface area contributed by atoms with Crippen LogP contribution in [0, 0.1) is 0 Å². The summed E-state index contributed by atoms with van der Waals surface area (Å²) in [6, 6.07) is 0. The molecule has 0 rings (SSSR count). The van der Waals surface area contributed by atoms with Crippen molar-refractivity contribution in [2.24, 2.45) is 0 Å². The van der Waals surface area contributed by atoms with Crippen LogP contribution in [0.25, 0.3) is 0 Å². The molecule has 0 spiro atoms. The van der Waals surface area contributed by atoms with Gasteiger partial charge in [0.15, 0.2) is 0 Å². The van der Waals surface area contributed by atoms with E-state index in [1.807, 2.05) is 0 Å². The summed E-state index contributed by atoms with van der Waals surface area (Å²) < 4.78 is 31.6. The van der Waals surface area contributed by atoms with Gasteiger partial charge < -0.3 is 29.0 Å². The van der Waals surface area contributed by atoms with Crippen molar-refractivity contribution in [3.63, 3.8) is 0 Å². The highest BCUT2D eigenvalue weighted by Gasteiger charge is 2.25. The number of ether oxygens (including phenoxy) is 2. The molecule has 0 radical (unpaired) electrons. The third-order valence-electron chi connectivity index (χ3n) is 2.13. The van der Waals surface area contributed by atoms with E-state index in [4.69, 9.17) is 29.0 Å². The Labute approximate surface area is 128 Å². The van der Waals surface area contributed by atoms with E-state index in [2.05, 4.69) is 6.58 Å². The average Bonchev–Trinajstić information content (AvgIpc) is 2.28. The van der Waals surface area contributed by atoms with Gasteiger partial charge >= 0.3 is 21.2 Å². The summed E-state index contributed by atoms with van der Waals surface area (Å²) in [6.07, 6.45) is -1.57. The minimum atomic E-state index is -4.45. The van der Waals surface area contributed by atoms with Gasteiger partial charge in [-0.25, -0.2) is 4.79 Å². The Morgan fingerprint density at radius 2 is 1.55 bits per heavy atom. The molecule has 130 valence electrons. The summed E-state index contributed by atoms with van der Waals surface area (Å²) in [5.74, 6) is -0.562. The molecule has 12 heteroatoms. The second kappa shape index (κ2) is 9.54. The van der Waals surface area contributed by atoms with Crippen molar-refractivity contribution >= 4 is 21.2 Å². The smallest absolute Gasteiger partial charge is 0.339 e. The second-order valence-electron chi connectivity index (χ2n) is 4.54. The summed E-state index contributed by atoms with van der Waals surface area (Å²) >= 11 is 0. The summed E-state index contributed by atoms with van der Waals surface area (Å²) in [5, 5.41) is 0. The van der Waals surface area contributed by atoms with Crippen molar-refractivity contribution in [2.45, 2.75) is 6.92 Å². The van der Waals surface area contributed by atoms with Crippen molar-refractivity contribution in [2.75, 3.05) is 38.9 Å². The highest BCUT2D eigenvalue weighted by Crippen LogP contribution is 2.40. The maximum absolute atomic E-state index is 11.0. The maximum atomic E-state index is 11.0. The zero-order valence-electron chi connectivity index (χ0n) is 12.1. The molecule has 0 unspecified atom stereocenters. The third kappa shape index (κ3) is 13.1. The molecule has 22 heavy (non-hydrogen) atoms. The van der Waals surface area contributed by atoms with Gasteiger partial charge in [-0.2, -0.15) is 0 Å². The normalized spacial score (nSPS) is 12.5. The van der Waals surface area contributed by atoms with Gasteiger partial charge in [-0.15, -0.1) is 0 Å². The molecule has 0 heterocycles. The molecule has 0 saturated carbocycles. The van der Waals surface area contributed by atoms with Crippen molar-refractivity contribution in [3.05, 3.63) is 12.2 Å². The minimum Gasteiger partial charge on any atom is -0.460 e. The molecule has 0 aliphatic heterocycles. The first-order valence-electron chi connectivity index (χ1n) is 6.12. The Balaban J connectivity index is 4.08. The Kier molecular flexibility index (Phi) is 9.30. The highest BCUT2D eigenvalue weighted by atomic mass is 31.2. The van der Waals surface area contributed by atoms with Gasteiger partial charge in [0.25, 0.3) is 0 Å². The van der Waals surface area contributed by atoms with Crippen LogP contribution in [-0.2, 0) is 23.4 Å². The number of carbonyl (C=O) groups excluding carboxylic acids is 1. The first-order chi connectivity index (χ1) is 9.91. The molecule has 0 aliphatic rings.